The van der Waals surface area contributed by atoms with E-state index >= 15 is 4.79 Å². The lowest BCUT2D eigenvalue weighted by Gasteiger charge is -2.50. The van der Waals surface area contributed by atoms with Crippen molar-refractivity contribution in [2.75, 3.05) is 12.5 Å². The van der Waals surface area contributed by atoms with E-state index in [1.807, 2.05) is 0 Å². The van der Waals surface area contributed by atoms with Crippen molar-refractivity contribution in [2.24, 2.45) is 23.7 Å². The van der Waals surface area contributed by atoms with Crippen LogP contribution >= 0.6 is 23.2 Å². The highest BCUT2D eigenvalue weighted by Gasteiger charge is 2.71. The fourth-order valence-corrected chi connectivity index (χ4v) is 9.24. The van der Waals surface area contributed by atoms with E-state index in [0.29, 0.717) is 49.1 Å². The number of rotatable bonds is 4. The van der Waals surface area contributed by atoms with Crippen LogP contribution in [-0.2, 0) is 35.5 Å². The number of carbonyl (C=O) groups is 5. The third-order valence-electron chi connectivity index (χ3n) is 11.2. The Labute approximate surface area is 314 Å². The van der Waals surface area contributed by atoms with E-state index in [1.54, 1.807) is 54.6 Å². The van der Waals surface area contributed by atoms with Gasteiger partial charge in [0.05, 0.1) is 40.9 Å². The zero-order valence-electron chi connectivity index (χ0n) is 27.9. The number of anilines is 1. The number of likely N-dealkylation sites (tertiary alicyclic amines) is 1. The average Bonchev–Trinajstić information content (AvgIpc) is 3.53. The van der Waals surface area contributed by atoms with Crippen molar-refractivity contribution in [3.05, 3.63) is 111 Å². The summed E-state index contributed by atoms with van der Waals surface area (Å²) in [4.78, 5) is 74.5. The van der Waals surface area contributed by atoms with Gasteiger partial charge in [-0.25, -0.2) is 9.78 Å². The molecule has 54 heavy (non-hydrogen) atoms. The number of carbonyl (C=O) groups excluding carboxylic acids is 5. The molecule has 6 atom stereocenters. The SMILES string of the molecule is COC(=O)N1C(=O)[C@H]2[C@H](CC=C3[C@H]2C[C@H]2C(=O)N(Nc4ncc(C(F)(F)F)cc4Cl)C(=O)[C@@]2(c2ccc(Cl)cc2)[C@H]3c2ccc3ccccc3c2O)C1=O. The van der Waals surface area contributed by atoms with Gasteiger partial charge in [0.1, 0.15) is 5.75 Å². The molecule has 3 heterocycles. The highest BCUT2D eigenvalue weighted by Crippen LogP contribution is 2.65. The van der Waals surface area contributed by atoms with Crippen LogP contribution in [-0.4, -0.2) is 56.8 Å². The predicted molar refractivity (Wildman–Crippen MR) is 187 cm³/mol. The van der Waals surface area contributed by atoms with Gasteiger partial charge in [-0.3, -0.25) is 24.6 Å². The van der Waals surface area contributed by atoms with Gasteiger partial charge in [-0.2, -0.15) is 23.1 Å². The van der Waals surface area contributed by atoms with E-state index in [1.165, 1.54) is 12.1 Å². The number of halogens is 5. The summed E-state index contributed by atoms with van der Waals surface area (Å²) in [6.07, 6.45) is -3.87. The zero-order valence-corrected chi connectivity index (χ0v) is 29.4. The van der Waals surface area contributed by atoms with E-state index in [9.17, 15) is 37.5 Å². The molecule has 11 nitrogen and oxygen atoms in total. The highest BCUT2D eigenvalue weighted by atomic mass is 35.5. The van der Waals surface area contributed by atoms with Gasteiger partial charge in [-0.1, -0.05) is 83.4 Å². The highest BCUT2D eigenvalue weighted by molar-refractivity contribution is 6.33. The Bertz CT molecular complexity index is 2350. The first-order valence-electron chi connectivity index (χ1n) is 16.7. The minimum absolute atomic E-state index is 0.00401. The van der Waals surface area contributed by atoms with Crippen LogP contribution < -0.4 is 5.43 Å². The van der Waals surface area contributed by atoms with Gasteiger partial charge in [0.25, 0.3) is 11.8 Å². The van der Waals surface area contributed by atoms with Gasteiger partial charge < -0.3 is 9.84 Å². The number of imide groups is 4. The number of benzene rings is 3. The second-order valence-corrected chi connectivity index (χ2v) is 14.5. The number of nitrogens with one attached hydrogen (secondary N) is 1. The molecule has 2 aliphatic carbocycles. The predicted octanol–water partition coefficient (Wildman–Crippen LogP) is 7.02. The molecule has 2 saturated heterocycles. The first-order valence-corrected chi connectivity index (χ1v) is 17.5. The van der Waals surface area contributed by atoms with Crippen LogP contribution in [0.2, 0.25) is 10.0 Å². The Kier molecular flexibility index (Phi) is 8.27. The van der Waals surface area contributed by atoms with Crippen LogP contribution in [0, 0.1) is 23.7 Å². The maximum absolute atomic E-state index is 15.3. The summed E-state index contributed by atoms with van der Waals surface area (Å²) >= 11 is 12.5. The lowest BCUT2D eigenvalue weighted by atomic mass is 9.49. The maximum Gasteiger partial charge on any atom is 0.423 e. The Balaban J connectivity index is 1.36. The van der Waals surface area contributed by atoms with E-state index in [0.717, 1.165) is 7.11 Å². The second-order valence-electron chi connectivity index (χ2n) is 13.6. The summed E-state index contributed by atoms with van der Waals surface area (Å²) in [5.41, 5.74) is 0.575. The summed E-state index contributed by atoms with van der Waals surface area (Å²) in [7, 11) is 1.04. The number of amides is 5. The van der Waals surface area contributed by atoms with Crippen molar-refractivity contribution >= 4 is 69.5 Å². The molecule has 4 aliphatic rings. The van der Waals surface area contributed by atoms with Gasteiger partial charge in [0.15, 0.2) is 5.82 Å². The largest absolute Gasteiger partial charge is 0.507 e. The molecule has 0 spiro atoms. The average molecular weight is 780 g/mol. The molecular formula is C38H27Cl2F3N4O7. The molecule has 1 aromatic heterocycles. The van der Waals surface area contributed by atoms with Crippen molar-refractivity contribution in [3.8, 4) is 5.75 Å². The fraction of sp³-hybridized carbons (Fsp3) is 0.263. The van der Waals surface area contributed by atoms with Crippen LogP contribution in [0.4, 0.5) is 23.8 Å². The summed E-state index contributed by atoms with van der Waals surface area (Å²) in [5.74, 6) is -9.32. The number of aromatic hydroxyl groups is 1. The monoisotopic (exact) mass is 778 g/mol. The lowest BCUT2D eigenvalue weighted by molar-refractivity contribution is -0.140. The molecule has 1 saturated carbocycles. The van der Waals surface area contributed by atoms with Crippen LogP contribution in [0.3, 0.4) is 0 Å². The number of ether oxygens (including phenoxy) is 1. The number of fused-ring (bicyclic) bond motifs is 5. The smallest absolute Gasteiger partial charge is 0.423 e. The number of nitrogens with zero attached hydrogens (tertiary/aromatic N) is 3. The number of hydrogen-bond donors (Lipinski definition) is 2. The van der Waals surface area contributed by atoms with Crippen molar-refractivity contribution < 1.29 is 47.0 Å². The van der Waals surface area contributed by atoms with Crippen molar-refractivity contribution in [2.45, 2.75) is 30.4 Å². The van der Waals surface area contributed by atoms with Gasteiger partial charge in [0.2, 0.25) is 11.8 Å². The molecule has 2 aliphatic heterocycles. The Hall–Kier alpha value is -5.47. The first kappa shape index (κ1) is 35.6. The summed E-state index contributed by atoms with van der Waals surface area (Å²) in [5, 5.41) is 13.6. The Morgan fingerprint density at radius 2 is 1.70 bits per heavy atom. The van der Waals surface area contributed by atoms with Crippen LogP contribution in [0.25, 0.3) is 10.8 Å². The number of hydrazine groups is 1. The number of allylic oxidation sites excluding steroid dienone is 2. The van der Waals surface area contributed by atoms with Gasteiger partial charge >= 0.3 is 12.3 Å². The molecule has 0 radical (unpaired) electrons. The lowest BCUT2D eigenvalue weighted by Crippen LogP contribution is -2.53. The topological polar surface area (TPSA) is 146 Å². The summed E-state index contributed by atoms with van der Waals surface area (Å²) in [6, 6.07) is 17.2. The number of pyridine rings is 1. The van der Waals surface area contributed by atoms with E-state index in [2.05, 4.69) is 10.4 Å². The van der Waals surface area contributed by atoms with Gasteiger partial charge in [-0.05, 0) is 47.9 Å². The number of aromatic nitrogens is 1. The number of phenolic OH excluding ortho intramolecular Hbond substituents is 1. The Morgan fingerprint density at radius 3 is 2.39 bits per heavy atom. The molecule has 5 amide bonds. The van der Waals surface area contributed by atoms with Crippen LogP contribution in [0.15, 0.2) is 84.6 Å². The van der Waals surface area contributed by atoms with E-state index in [-0.39, 0.29) is 24.2 Å². The quantitative estimate of drug-likeness (QED) is 0.165. The number of alkyl halides is 3. The first-order chi connectivity index (χ1) is 25.7. The van der Waals surface area contributed by atoms with Crippen molar-refractivity contribution in [1.82, 2.24) is 14.9 Å². The fourth-order valence-electron chi connectivity index (χ4n) is 8.90. The molecule has 0 bridgehead atoms. The summed E-state index contributed by atoms with van der Waals surface area (Å²) < 4.78 is 45.1. The Morgan fingerprint density at radius 1 is 0.981 bits per heavy atom. The molecular weight excluding hydrogens is 752 g/mol. The zero-order chi connectivity index (χ0) is 38.4. The maximum atomic E-state index is 15.3. The van der Waals surface area contributed by atoms with E-state index < -0.39 is 87.3 Å². The molecule has 0 unspecified atom stereocenters. The van der Waals surface area contributed by atoms with Crippen LogP contribution in [0.5, 0.6) is 5.75 Å². The van der Waals surface area contributed by atoms with E-state index in [4.69, 9.17) is 27.9 Å². The van der Waals surface area contributed by atoms with Gasteiger partial charge in [-0.15, -0.1) is 0 Å². The van der Waals surface area contributed by atoms with Crippen molar-refractivity contribution in [3.63, 3.8) is 0 Å². The number of hydrogen-bond acceptors (Lipinski definition) is 9. The second kappa shape index (κ2) is 12.6. The minimum atomic E-state index is -4.78. The summed E-state index contributed by atoms with van der Waals surface area (Å²) in [6.45, 7) is 0. The standard InChI is InChI=1S/C38H27Cl2F3N4O7/c1-54-36(53)46-32(49)23-13-12-22-25(28(23)34(46)51)15-26-33(50)47(45-31-27(40)14-19(16-44-31)38(41,42)43)35(52)37(26,18-7-9-20(39)10-8-18)29(22)24-11-6-17-4-2-3-5-21(17)30(24)48/h2-12,14,16,23,25-26,28-29,48H,13,15H2,1H3,(H,44,45)/t23-,25+,26-,28-,29+,37+/m0/s1. The third kappa shape index (κ3) is 5.03. The number of phenols is 1. The number of methoxy groups -OCH3 is 1. The minimum Gasteiger partial charge on any atom is -0.507 e. The molecule has 3 fully saturated rings. The molecule has 276 valence electrons. The molecule has 16 heteroatoms. The molecule has 3 aromatic carbocycles. The molecule has 2 N–H and O–H groups in total. The third-order valence-corrected chi connectivity index (χ3v) is 11.7. The normalized spacial score (nSPS) is 26.4. The van der Waals surface area contributed by atoms with Crippen molar-refractivity contribution in [1.29, 1.82) is 0 Å². The van der Waals surface area contributed by atoms with Gasteiger partial charge in [0, 0.05) is 28.1 Å². The molecule has 4 aromatic rings. The van der Waals surface area contributed by atoms with Crippen LogP contribution in [0.1, 0.15) is 35.4 Å². The molecule has 8 rings (SSSR count).